The topological polar surface area (TPSA) is 44.4 Å². The molecule has 0 aromatic rings. The van der Waals surface area contributed by atoms with E-state index in [9.17, 15) is 4.79 Å². The maximum Gasteiger partial charge on any atom is 0.223 e. The summed E-state index contributed by atoms with van der Waals surface area (Å²) in [6.07, 6.45) is 1.92. The van der Waals surface area contributed by atoms with E-state index in [2.05, 4.69) is 50.4 Å². The Morgan fingerprint density at radius 3 is 2.67 bits per heavy atom. The molecular weight excluding hydrogens is 226 g/mol. The van der Waals surface area contributed by atoms with Crippen LogP contribution in [0.15, 0.2) is 0 Å². The molecule has 1 aliphatic rings. The monoisotopic (exact) mass is 255 g/mol. The van der Waals surface area contributed by atoms with Gasteiger partial charge in [-0.2, -0.15) is 0 Å². The van der Waals surface area contributed by atoms with Crippen LogP contribution in [0.25, 0.3) is 0 Å². The zero-order valence-electron chi connectivity index (χ0n) is 12.5. The van der Waals surface area contributed by atoms with Crippen LogP contribution in [0.5, 0.6) is 0 Å². The van der Waals surface area contributed by atoms with Crippen molar-refractivity contribution in [3.8, 4) is 0 Å². The maximum absolute atomic E-state index is 12.1. The summed E-state index contributed by atoms with van der Waals surface area (Å²) in [5.74, 6) is 0.423. The minimum absolute atomic E-state index is 0.123. The van der Waals surface area contributed by atoms with E-state index >= 15 is 0 Å². The van der Waals surface area contributed by atoms with Crippen LogP contribution in [0.2, 0.25) is 0 Å². The molecule has 18 heavy (non-hydrogen) atoms. The lowest BCUT2D eigenvalue weighted by Crippen LogP contribution is -2.45. The fourth-order valence-corrected chi connectivity index (χ4v) is 2.75. The molecule has 106 valence electrons. The summed E-state index contributed by atoms with van der Waals surface area (Å²) < 4.78 is 0. The number of hydrogen-bond donors (Lipinski definition) is 2. The Balaban J connectivity index is 2.36. The zero-order chi connectivity index (χ0) is 13.8. The summed E-state index contributed by atoms with van der Waals surface area (Å²) >= 11 is 0. The Hall–Kier alpha value is -0.610. The Bertz CT molecular complexity index is 276. The molecule has 1 saturated heterocycles. The number of nitrogens with one attached hydrogen (secondary N) is 2. The van der Waals surface area contributed by atoms with E-state index in [0.29, 0.717) is 6.04 Å². The smallest absolute Gasteiger partial charge is 0.223 e. The number of rotatable bonds is 5. The number of carbonyl (C=O) groups is 1. The Morgan fingerprint density at radius 1 is 1.44 bits per heavy atom. The van der Waals surface area contributed by atoms with Crippen LogP contribution in [0.4, 0.5) is 0 Å². The fraction of sp³-hybridized carbons (Fsp3) is 0.929. The van der Waals surface area contributed by atoms with Gasteiger partial charge in [-0.1, -0.05) is 13.8 Å². The van der Waals surface area contributed by atoms with Crippen molar-refractivity contribution in [2.75, 3.05) is 33.7 Å². The van der Waals surface area contributed by atoms with Crippen LogP contribution in [0.1, 0.15) is 33.6 Å². The highest BCUT2D eigenvalue weighted by molar-refractivity contribution is 5.78. The van der Waals surface area contributed by atoms with Gasteiger partial charge < -0.3 is 15.5 Å². The first kappa shape index (κ1) is 15.4. The van der Waals surface area contributed by atoms with Gasteiger partial charge in [0.05, 0.1) is 0 Å². The summed E-state index contributed by atoms with van der Waals surface area (Å²) in [5, 5.41) is 6.50. The van der Waals surface area contributed by atoms with E-state index in [0.717, 1.165) is 32.5 Å². The SMILES string of the molecule is CC1CC(C(=O)NCC(C)(C)CN(C)C)CCN1. The third-order valence-electron chi connectivity index (χ3n) is 3.48. The van der Waals surface area contributed by atoms with Gasteiger partial charge in [-0.3, -0.25) is 4.79 Å². The number of carbonyl (C=O) groups excluding carboxylic acids is 1. The van der Waals surface area contributed by atoms with Crippen molar-refractivity contribution in [1.82, 2.24) is 15.5 Å². The van der Waals surface area contributed by atoms with Gasteiger partial charge in [0.2, 0.25) is 5.91 Å². The van der Waals surface area contributed by atoms with Crippen molar-refractivity contribution in [3.05, 3.63) is 0 Å². The molecule has 0 saturated carbocycles. The van der Waals surface area contributed by atoms with Crippen LogP contribution in [-0.4, -0.2) is 50.6 Å². The normalized spacial score (nSPS) is 25.2. The first-order valence-electron chi connectivity index (χ1n) is 6.96. The molecule has 1 heterocycles. The lowest BCUT2D eigenvalue weighted by atomic mass is 9.90. The molecule has 2 N–H and O–H groups in total. The first-order chi connectivity index (χ1) is 8.30. The highest BCUT2D eigenvalue weighted by Crippen LogP contribution is 2.18. The maximum atomic E-state index is 12.1. The van der Waals surface area contributed by atoms with Crippen molar-refractivity contribution < 1.29 is 4.79 Å². The van der Waals surface area contributed by atoms with Gasteiger partial charge in [0.15, 0.2) is 0 Å². The predicted octanol–water partition coefficient (Wildman–Crippen LogP) is 1.08. The molecule has 1 rings (SSSR count). The van der Waals surface area contributed by atoms with Gasteiger partial charge in [-0.15, -0.1) is 0 Å². The Kier molecular flexibility index (Phi) is 5.60. The summed E-state index contributed by atoms with van der Waals surface area (Å²) in [7, 11) is 4.14. The minimum Gasteiger partial charge on any atom is -0.355 e. The minimum atomic E-state index is 0.123. The van der Waals surface area contributed by atoms with E-state index < -0.39 is 0 Å². The van der Waals surface area contributed by atoms with Gasteiger partial charge >= 0.3 is 0 Å². The standard InChI is InChI=1S/C14H29N3O/c1-11-8-12(6-7-15-11)13(18)16-9-14(2,3)10-17(4)5/h11-12,15H,6-10H2,1-5H3,(H,16,18). The van der Waals surface area contributed by atoms with E-state index in [4.69, 9.17) is 0 Å². The van der Waals surface area contributed by atoms with Crippen LogP contribution in [-0.2, 0) is 4.79 Å². The lowest BCUT2D eigenvalue weighted by Gasteiger charge is -2.31. The summed E-state index contributed by atoms with van der Waals surface area (Å²) in [6, 6.07) is 0.462. The van der Waals surface area contributed by atoms with Gasteiger partial charge in [0.25, 0.3) is 0 Å². The van der Waals surface area contributed by atoms with Crippen molar-refractivity contribution in [2.45, 2.75) is 39.7 Å². The fourth-order valence-electron chi connectivity index (χ4n) is 2.75. The zero-order valence-corrected chi connectivity index (χ0v) is 12.5. The van der Waals surface area contributed by atoms with Crippen LogP contribution in [0.3, 0.4) is 0 Å². The van der Waals surface area contributed by atoms with Gasteiger partial charge in [-0.05, 0) is 45.8 Å². The molecule has 0 aromatic carbocycles. The van der Waals surface area contributed by atoms with Crippen LogP contribution < -0.4 is 10.6 Å². The second kappa shape index (κ2) is 6.53. The van der Waals surface area contributed by atoms with Crippen LogP contribution >= 0.6 is 0 Å². The molecule has 2 atom stereocenters. The lowest BCUT2D eigenvalue weighted by molar-refractivity contribution is -0.126. The molecule has 0 radical (unpaired) electrons. The molecule has 2 unspecified atom stereocenters. The Labute approximate surface area is 111 Å². The first-order valence-corrected chi connectivity index (χ1v) is 6.96. The second-order valence-corrected chi connectivity index (χ2v) is 6.70. The quantitative estimate of drug-likeness (QED) is 0.772. The van der Waals surface area contributed by atoms with E-state index in [1.165, 1.54) is 0 Å². The Morgan fingerprint density at radius 2 is 2.11 bits per heavy atom. The highest BCUT2D eigenvalue weighted by atomic mass is 16.1. The van der Waals surface area contributed by atoms with E-state index in [-0.39, 0.29) is 17.2 Å². The largest absolute Gasteiger partial charge is 0.355 e. The van der Waals surface area contributed by atoms with E-state index in [1.54, 1.807) is 0 Å². The molecule has 1 aliphatic heterocycles. The molecular formula is C14H29N3O. The summed E-state index contributed by atoms with van der Waals surface area (Å²) in [4.78, 5) is 14.3. The van der Waals surface area contributed by atoms with Crippen molar-refractivity contribution in [1.29, 1.82) is 0 Å². The molecule has 0 spiro atoms. The molecule has 0 aromatic heterocycles. The van der Waals surface area contributed by atoms with Crippen molar-refractivity contribution in [2.24, 2.45) is 11.3 Å². The van der Waals surface area contributed by atoms with Crippen molar-refractivity contribution in [3.63, 3.8) is 0 Å². The molecule has 0 aliphatic carbocycles. The average Bonchev–Trinajstić information content (AvgIpc) is 2.24. The highest BCUT2D eigenvalue weighted by Gasteiger charge is 2.26. The van der Waals surface area contributed by atoms with Crippen LogP contribution in [0, 0.1) is 11.3 Å². The second-order valence-electron chi connectivity index (χ2n) is 6.70. The third-order valence-corrected chi connectivity index (χ3v) is 3.48. The average molecular weight is 255 g/mol. The molecule has 0 bridgehead atoms. The third kappa shape index (κ3) is 5.36. The molecule has 1 fully saturated rings. The number of nitrogens with zero attached hydrogens (tertiary/aromatic N) is 1. The van der Waals surface area contributed by atoms with Gasteiger partial charge in [-0.25, -0.2) is 0 Å². The molecule has 4 nitrogen and oxygen atoms in total. The molecule has 4 heteroatoms. The van der Waals surface area contributed by atoms with Crippen molar-refractivity contribution >= 4 is 5.91 Å². The number of piperidine rings is 1. The van der Waals surface area contributed by atoms with E-state index in [1.807, 2.05) is 0 Å². The van der Waals surface area contributed by atoms with Gasteiger partial charge in [0.1, 0.15) is 0 Å². The van der Waals surface area contributed by atoms with Gasteiger partial charge in [0, 0.05) is 25.0 Å². The number of hydrogen-bond acceptors (Lipinski definition) is 3. The predicted molar refractivity (Wildman–Crippen MR) is 75.5 cm³/mol. The summed E-state index contributed by atoms with van der Waals surface area (Å²) in [5.41, 5.74) is 0.123. The summed E-state index contributed by atoms with van der Waals surface area (Å²) in [6.45, 7) is 9.23. The number of amides is 1. The molecule has 1 amide bonds.